The van der Waals surface area contributed by atoms with E-state index < -0.39 is 6.10 Å². The lowest BCUT2D eigenvalue weighted by Crippen LogP contribution is -2.42. The van der Waals surface area contributed by atoms with Gasteiger partial charge in [-0.2, -0.15) is 0 Å². The second-order valence-electron chi connectivity index (χ2n) is 5.46. The minimum absolute atomic E-state index is 0.0380. The molecule has 0 radical (unpaired) electrons. The molecule has 1 N–H and O–H groups in total. The number of aromatic nitrogens is 2. The summed E-state index contributed by atoms with van der Waals surface area (Å²) in [6, 6.07) is 7.66. The average molecular weight is 303 g/mol. The van der Waals surface area contributed by atoms with E-state index >= 15 is 0 Å². The van der Waals surface area contributed by atoms with Gasteiger partial charge in [0.2, 0.25) is 5.91 Å². The van der Waals surface area contributed by atoms with Gasteiger partial charge in [-0.1, -0.05) is 19.1 Å². The molecule has 1 aromatic heterocycles. The number of benzene rings is 1. The number of morpholine rings is 1. The standard InChI is InChI=1S/C16H21N3O3/c1-2-14(20)16-17-12-5-3-4-6-13(12)19(16)11-15(21)18-7-9-22-10-8-18/h3-6,14,20H,2,7-11H2,1H3. The molecule has 1 aromatic carbocycles. The lowest BCUT2D eigenvalue weighted by molar-refractivity contribution is -0.135. The maximum atomic E-state index is 12.5. The van der Waals surface area contributed by atoms with Crippen LogP contribution >= 0.6 is 0 Å². The number of para-hydroxylation sites is 2. The number of rotatable bonds is 4. The number of hydrogen-bond donors (Lipinski definition) is 1. The van der Waals surface area contributed by atoms with Gasteiger partial charge in [0.05, 0.1) is 24.2 Å². The Morgan fingerprint density at radius 2 is 2.09 bits per heavy atom. The van der Waals surface area contributed by atoms with Gasteiger partial charge in [-0.25, -0.2) is 4.98 Å². The van der Waals surface area contributed by atoms with Crippen molar-refractivity contribution in [2.24, 2.45) is 0 Å². The number of carbonyl (C=O) groups excluding carboxylic acids is 1. The van der Waals surface area contributed by atoms with Gasteiger partial charge in [0.15, 0.2) is 0 Å². The zero-order valence-corrected chi connectivity index (χ0v) is 12.7. The van der Waals surface area contributed by atoms with Gasteiger partial charge in [0.1, 0.15) is 18.5 Å². The van der Waals surface area contributed by atoms with Crippen LogP contribution in [0.25, 0.3) is 11.0 Å². The molecule has 0 bridgehead atoms. The number of hydrogen-bond acceptors (Lipinski definition) is 4. The fourth-order valence-electron chi connectivity index (χ4n) is 2.75. The van der Waals surface area contributed by atoms with E-state index in [2.05, 4.69) is 4.98 Å². The minimum Gasteiger partial charge on any atom is -0.385 e. The van der Waals surface area contributed by atoms with Gasteiger partial charge < -0.3 is 19.3 Å². The van der Waals surface area contributed by atoms with Crippen LogP contribution in [0.1, 0.15) is 25.3 Å². The summed E-state index contributed by atoms with van der Waals surface area (Å²) in [7, 11) is 0. The highest BCUT2D eigenvalue weighted by Gasteiger charge is 2.22. The molecule has 2 aromatic rings. The molecule has 22 heavy (non-hydrogen) atoms. The van der Waals surface area contributed by atoms with Gasteiger partial charge >= 0.3 is 0 Å². The smallest absolute Gasteiger partial charge is 0.242 e. The Bertz CT molecular complexity index is 662. The van der Waals surface area contributed by atoms with Crippen LogP contribution in [0.4, 0.5) is 0 Å². The third-order valence-electron chi connectivity index (χ3n) is 4.03. The molecule has 3 rings (SSSR count). The molecule has 0 spiro atoms. The Morgan fingerprint density at radius 3 is 2.82 bits per heavy atom. The summed E-state index contributed by atoms with van der Waals surface area (Å²) in [5, 5.41) is 10.2. The summed E-state index contributed by atoms with van der Waals surface area (Å²) < 4.78 is 7.12. The summed E-state index contributed by atoms with van der Waals surface area (Å²) in [4.78, 5) is 18.8. The third-order valence-corrected chi connectivity index (χ3v) is 4.03. The first-order chi connectivity index (χ1) is 10.7. The highest BCUT2D eigenvalue weighted by atomic mass is 16.5. The quantitative estimate of drug-likeness (QED) is 0.925. The van der Waals surface area contributed by atoms with Gasteiger partial charge in [0.25, 0.3) is 0 Å². The van der Waals surface area contributed by atoms with Crippen LogP contribution in [0.2, 0.25) is 0 Å². The van der Waals surface area contributed by atoms with Crippen LogP contribution in [0.5, 0.6) is 0 Å². The van der Waals surface area contributed by atoms with Crippen LogP contribution in [-0.4, -0.2) is 51.8 Å². The molecule has 1 saturated heterocycles. The molecule has 0 saturated carbocycles. The number of nitrogens with zero attached hydrogens (tertiary/aromatic N) is 3. The summed E-state index contributed by atoms with van der Waals surface area (Å²) in [5.41, 5.74) is 1.69. The number of aliphatic hydroxyl groups excluding tert-OH is 1. The zero-order chi connectivity index (χ0) is 15.5. The first kappa shape index (κ1) is 15.0. The van der Waals surface area contributed by atoms with Crippen LogP contribution < -0.4 is 0 Å². The summed E-state index contributed by atoms with van der Waals surface area (Å²) >= 11 is 0. The topological polar surface area (TPSA) is 67.6 Å². The van der Waals surface area contributed by atoms with Crippen molar-refractivity contribution in [2.45, 2.75) is 26.0 Å². The lowest BCUT2D eigenvalue weighted by atomic mass is 10.2. The number of imidazole rings is 1. The summed E-state index contributed by atoms with van der Waals surface area (Å²) in [6.45, 7) is 4.51. The molecule has 2 heterocycles. The summed E-state index contributed by atoms with van der Waals surface area (Å²) in [6.07, 6.45) is -0.0976. The van der Waals surface area contributed by atoms with E-state index in [4.69, 9.17) is 4.74 Å². The fourth-order valence-corrected chi connectivity index (χ4v) is 2.75. The molecule has 1 aliphatic heterocycles. The number of ether oxygens (including phenoxy) is 1. The normalized spacial score (nSPS) is 16.9. The Morgan fingerprint density at radius 1 is 1.36 bits per heavy atom. The average Bonchev–Trinajstić information content (AvgIpc) is 2.93. The van der Waals surface area contributed by atoms with Gasteiger partial charge in [-0.3, -0.25) is 4.79 Å². The van der Waals surface area contributed by atoms with Gasteiger partial charge in [-0.15, -0.1) is 0 Å². The molecule has 1 unspecified atom stereocenters. The molecule has 1 atom stereocenters. The predicted octanol–water partition coefficient (Wildman–Crippen LogP) is 1.34. The van der Waals surface area contributed by atoms with Crippen molar-refractivity contribution in [3.05, 3.63) is 30.1 Å². The first-order valence-electron chi connectivity index (χ1n) is 7.69. The Kier molecular flexibility index (Phi) is 4.40. The molecule has 118 valence electrons. The molecule has 6 nitrogen and oxygen atoms in total. The third kappa shape index (κ3) is 2.84. The van der Waals surface area contributed by atoms with Crippen molar-refractivity contribution in [2.75, 3.05) is 26.3 Å². The Hall–Kier alpha value is -1.92. The molecular weight excluding hydrogens is 282 g/mol. The van der Waals surface area contributed by atoms with Crippen molar-refractivity contribution >= 4 is 16.9 Å². The predicted molar refractivity (Wildman–Crippen MR) is 82.4 cm³/mol. The monoisotopic (exact) mass is 303 g/mol. The van der Waals surface area contributed by atoms with Crippen LogP contribution in [0.15, 0.2) is 24.3 Å². The highest BCUT2D eigenvalue weighted by molar-refractivity contribution is 5.81. The van der Waals surface area contributed by atoms with E-state index in [1.54, 1.807) is 4.90 Å². The van der Waals surface area contributed by atoms with E-state index in [1.807, 2.05) is 35.8 Å². The number of amides is 1. The van der Waals surface area contributed by atoms with E-state index in [0.717, 1.165) is 11.0 Å². The second-order valence-corrected chi connectivity index (χ2v) is 5.46. The second kappa shape index (κ2) is 6.46. The molecule has 6 heteroatoms. The molecular formula is C16H21N3O3. The SMILES string of the molecule is CCC(O)c1nc2ccccc2n1CC(=O)N1CCOCC1. The van der Waals surface area contributed by atoms with E-state index in [1.165, 1.54) is 0 Å². The molecule has 1 aliphatic rings. The molecule has 1 fully saturated rings. The number of aliphatic hydroxyl groups is 1. The number of carbonyl (C=O) groups is 1. The molecule has 0 aliphatic carbocycles. The van der Waals surface area contributed by atoms with Crippen LogP contribution in [0, 0.1) is 0 Å². The van der Waals surface area contributed by atoms with Gasteiger partial charge in [-0.05, 0) is 18.6 Å². The zero-order valence-electron chi connectivity index (χ0n) is 12.7. The highest BCUT2D eigenvalue weighted by Crippen LogP contribution is 2.22. The van der Waals surface area contributed by atoms with E-state index in [0.29, 0.717) is 38.5 Å². The van der Waals surface area contributed by atoms with Gasteiger partial charge in [0, 0.05) is 13.1 Å². The minimum atomic E-state index is -0.662. The first-order valence-corrected chi connectivity index (χ1v) is 7.69. The van der Waals surface area contributed by atoms with Crippen molar-refractivity contribution in [3.63, 3.8) is 0 Å². The van der Waals surface area contributed by atoms with Crippen LogP contribution in [-0.2, 0) is 16.1 Å². The Balaban J connectivity index is 1.92. The maximum Gasteiger partial charge on any atom is 0.242 e. The number of fused-ring (bicyclic) bond motifs is 1. The lowest BCUT2D eigenvalue weighted by Gasteiger charge is -2.27. The van der Waals surface area contributed by atoms with E-state index in [-0.39, 0.29) is 12.5 Å². The largest absolute Gasteiger partial charge is 0.385 e. The Labute approximate surface area is 129 Å². The van der Waals surface area contributed by atoms with Crippen molar-refractivity contribution in [1.29, 1.82) is 0 Å². The summed E-state index contributed by atoms with van der Waals surface area (Å²) in [5.74, 6) is 0.598. The van der Waals surface area contributed by atoms with Crippen molar-refractivity contribution in [3.8, 4) is 0 Å². The van der Waals surface area contributed by atoms with Crippen molar-refractivity contribution in [1.82, 2.24) is 14.5 Å². The molecule has 1 amide bonds. The van der Waals surface area contributed by atoms with Crippen molar-refractivity contribution < 1.29 is 14.6 Å². The van der Waals surface area contributed by atoms with Crippen LogP contribution in [0.3, 0.4) is 0 Å². The maximum absolute atomic E-state index is 12.5. The fraction of sp³-hybridized carbons (Fsp3) is 0.500. The van der Waals surface area contributed by atoms with E-state index in [9.17, 15) is 9.90 Å².